The molecule has 2 N–H and O–H groups in total. The second kappa shape index (κ2) is 17.3. The Morgan fingerprint density at radius 1 is 1.13 bits per heavy atom. The molecule has 0 aromatic carbocycles. The number of hydrogen-bond acceptors (Lipinski definition) is 11. The zero-order valence-corrected chi connectivity index (χ0v) is 32.1. The second-order valence-electron chi connectivity index (χ2n) is 15.3. The molecule has 2 saturated heterocycles. The number of aliphatic hydroxyl groups excluding tert-OH is 1. The molecule has 288 valence electrons. The highest BCUT2D eigenvalue weighted by molar-refractivity contribution is 5.97. The summed E-state index contributed by atoms with van der Waals surface area (Å²) in [4.78, 5) is 48.5. The number of carbonyl (C=O) groups excluding carboxylic acids is 3. The molecule has 4 aliphatic rings. The topological polar surface area (TPSA) is 155 Å². The van der Waals surface area contributed by atoms with E-state index in [1.165, 1.54) is 6.92 Å². The fourth-order valence-corrected chi connectivity index (χ4v) is 6.91. The molecule has 4 aliphatic heterocycles. The molecule has 12 nitrogen and oxygen atoms in total. The highest BCUT2D eigenvalue weighted by Gasteiger charge is 2.57. The number of aliphatic hydroxyl groups is 1. The highest BCUT2D eigenvalue weighted by Crippen LogP contribution is 2.40. The van der Waals surface area contributed by atoms with E-state index >= 15 is 0 Å². The van der Waals surface area contributed by atoms with E-state index < -0.39 is 54.3 Å². The molecule has 1 aromatic heterocycles. The average molecular weight is 735 g/mol. The van der Waals surface area contributed by atoms with E-state index in [1.807, 2.05) is 44.2 Å². The van der Waals surface area contributed by atoms with Crippen LogP contribution in [0.25, 0.3) is 0 Å². The number of cyclic esters (lactones) is 1. The summed E-state index contributed by atoms with van der Waals surface area (Å²) in [7, 11) is 1.66. The number of fused-ring (bicyclic) bond motifs is 6. The fraction of sp³-hybridized carbons (Fsp3) is 0.561. The summed E-state index contributed by atoms with van der Waals surface area (Å²) in [5.41, 5.74) is 3.93. The zero-order valence-electron chi connectivity index (χ0n) is 32.1. The molecule has 4 bridgehead atoms. The monoisotopic (exact) mass is 734 g/mol. The lowest BCUT2D eigenvalue weighted by molar-refractivity contribution is -0.153. The van der Waals surface area contributed by atoms with E-state index in [-0.39, 0.29) is 30.6 Å². The van der Waals surface area contributed by atoms with Crippen LogP contribution in [-0.4, -0.2) is 97.9 Å². The molecular formula is C41H54N2O10. The third-order valence-corrected chi connectivity index (χ3v) is 9.98. The van der Waals surface area contributed by atoms with E-state index in [0.717, 1.165) is 34.9 Å². The minimum atomic E-state index is -1.49. The van der Waals surface area contributed by atoms with Crippen molar-refractivity contribution in [1.29, 1.82) is 0 Å². The number of ether oxygens (including phenoxy) is 6. The highest BCUT2D eigenvalue weighted by atomic mass is 16.6. The molecule has 2 fully saturated rings. The maximum atomic E-state index is 13.7. The van der Waals surface area contributed by atoms with Crippen LogP contribution in [0, 0.1) is 17.3 Å². The summed E-state index contributed by atoms with van der Waals surface area (Å²) < 4.78 is 35.4. The summed E-state index contributed by atoms with van der Waals surface area (Å²) in [5.74, 6) is -1.44. The van der Waals surface area contributed by atoms with Crippen LogP contribution in [0.2, 0.25) is 0 Å². The maximum absolute atomic E-state index is 13.7. The fourth-order valence-electron chi connectivity index (χ4n) is 6.91. The molecule has 0 radical (unpaired) electrons. The van der Waals surface area contributed by atoms with Crippen LogP contribution >= 0.6 is 0 Å². The molecule has 1 aromatic rings. The Bertz CT molecular complexity index is 1730. The zero-order chi connectivity index (χ0) is 38.4. The number of hydrogen-bond donors (Lipinski definition) is 2. The van der Waals surface area contributed by atoms with Gasteiger partial charge in [0, 0.05) is 30.9 Å². The molecule has 5 heterocycles. The standard InChI is InChI=1S/C41H54N2O10/c1-23(2)16-27-18-35(45)52-37-36(53-40(47)41(37,7)22-44)26(6)11-12-28-13-14-31(42-28)38-43-32(34(51-38)21-50-39(27)46)19-29-30(25(5)10-9-15-48-8)20-49-33(29)17-24(3)4/h9-11,13-14,18-19,23-24,32-34,36-37,42,44H,12,15-17,20-22H2,1-8H3/b10-9+,26-11+,27-18+,29-19-,30-25+/t32-,33?,34-,36-,37-,41+/m0/s1. The Kier molecular flexibility index (Phi) is 13.0. The summed E-state index contributed by atoms with van der Waals surface area (Å²) >= 11 is 0. The molecule has 0 spiro atoms. The van der Waals surface area contributed by atoms with Gasteiger partial charge in [-0.15, -0.1) is 0 Å². The van der Waals surface area contributed by atoms with Crippen molar-refractivity contribution < 1.29 is 47.9 Å². The number of esters is 3. The van der Waals surface area contributed by atoms with Gasteiger partial charge in [0.15, 0.2) is 18.3 Å². The van der Waals surface area contributed by atoms with Crippen molar-refractivity contribution in [3.05, 3.63) is 81.8 Å². The van der Waals surface area contributed by atoms with Gasteiger partial charge in [0.05, 0.1) is 25.9 Å². The Balaban J connectivity index is 1.55. The number of nitrogens with one attached hydrogen (secondary N) is 1. The SMILES string of the molecule is COC/C=C/C(C)=C1\COC(CC(C)C)\C1=C/[C@@H]1N=C2O[C@H]1COC(=O)/C(CC(C)C)=C/C(=O)O[C@H]1[C@@H](OC(=O)[C@]1(C)CO)/C(C)=C/Cc1ccc2[nH]1. The number of aromatic amines is 1. The summed E-state index contributed by atoms with van der Waals surface area (Å²) in [5, 5.41) is 10.2. The number of rotatable bonds is 9. The van der Waals surface area contributed by atoms with Crippen molar-refractivity contribution in [3.63, 3.8) is 0 Å². The van der Waals surface area contributed by atoms with Crippen LogP contribution in [0.3, 0.4) is 0 Å². The first kappa shape index (κ1) is 39.9. The number of aliphatic imine (C=N–C) groups is 1. The normalized spacial score (nSPS) is 32.0. The van der Waals surface area contributed by atoms with E-state index in [0.29, 0.717) is 42.7 Å². The van der Waals surface area contributed by atoms with E-state index in [2.05, 4.69) is 31.8 Å². The molecule has 12 heteroatoms. The minimum absolute atomic E-state index is 0.000324. The summed E-state index contributed by atoms with van der Waals surface area (Å²) in [6.07, 6.45) is 7.71. The first-order valence-corrected chi connectivity index (χ1v) is 18.4. The molecule has 53 heavy (non-hydrogen) atoms. The van der Waals surface area contributed by atoms with Gasteiger partial charge in [-0.25, -0.2) is 14.6 Å². The van der Waals surface area contributed by atoms with Gasteiger partial charge in [-0.2, -0.15) is 0 Å². The van der Waals surface area contributed by atoms with Gasteiger partial charge in [0.1, 0.15) is 23.8 Å². The Labute approximate surface area is 312 Å². The van der Waals surface area contributed by atoms with Crippen molar-refractivity contribution in [3.8, 4) is 0 Å². The van der Waals surface area contributed by atoms with Gasteiger partial charge < -0.3 is 38.5 Å². The Hall–Kier alpha value is -4.26. The van der Waals surface area contributed by atoms with Crippen molar-refractivity contribution in [2.24, 2.45) is 22.2 Å². The van der Waals surface area contributed by atoms with Gasteiger partial charge in [-0.3, -0.25) is 4.79 Å². The lowest BCUT2D eigenvalue weighted by Gasteiger charge is -2.27. The second-order valence-corrected chi connectivity index (χ2v) is 15.3. The lowest BCUT2D eigenvalue weighted by atomic mass is 9.83. The van der Waals surface area contributed by atoms with Crippen LogP contribution in [0.4, 0.5) is 0 Å². The molecule has 1 unspecified atom stereocenters. The van der Waals surface area contributed by atoms with Crippen LogP contribution in [0.15, 0.2) is 75.4 Å². The minimum Gasteiger partial charge on any atom is -0.467 e. The molecule has 5 rings (SSSR count). The van der Waals surface area contributed by atoms with Crippen molar-refractivity contribution >= 4 is 23.8 Å². The molecule has 0 saturated carbocycles. The summed E-state index contributed by atoms with van der Waals surface area (Å²) in [6.45, 7) is 13.7. The van der Waals surface area contributed by atoms with E-state index in [1.54, 1.807) is 14.0 Å². The lowest BCUT2D eigenvalue weighted by Crippen LogP contribution is -2.43. The predicted molar refractivity (Wildman–Crippen MR) is 198 cm³/mol. The number of allylic oxidation sites excluding steroid dienone is 3. The summed E-state index contributed by atoms with van der Waals surface area (Å²) in [6, 6.07) is 3.28. The smallest absolute Gasteiger partial charge is 0.334 e. The molecule has 0 amide bonds. The Morgan fingerprint density at radius 3 is 2.60 bits per heavy atom. The van der Waals surface area contributed by atoms with Gasteiger partial charge in [-0.05, 0) is 85.9 Å². The molecule has 6 atom stereocenters. The van der Waals surface area contributed by atoms with Crippen molar-refractivity contribution in [1.82, 2.24) is 4.98 Å². The van der Waals surface area contributed by atoms with Gasteiger partial charge >= 0.3 is 17.9 Å². The quantitative estimate of drug-likeness (QED) is 0.195. The first-order valence-electron chi connectivity index (χ1n) is 18.4. The van der Waals surface area contributed by atoms with Gasteiger partial charge in [-0.1, -0.05) is 45.9 Å². The third-order valence-electron chi connectivity index (χ3n) is 9.98. The van der Waals surface area contributed by atoms with E-state index in [4.69, 9.17) is 33.4 Å². The number of nitrogens with zero attached hydrogens (tertiary/aromatic N) is 1. The maximum Gasteiger partial charge on any atom is 0.334 e. The first-order chi connectivity index (χ1) is 25.2. The van der Waals surface area contributed by atoms with Crippen molar-refractivity contribution in [2.45, 2.75) is 98.2 Å². The third kappa shape index (κ3) is 9.28. The predicted octanol–water partition coefficient (Wildman–Crippen LogP) is 5.27. The average Bonchev–Trinajstić information content (AvgIpc) is 3.89. The number of methoxy groups -OCH3 is 1. The Morgan fingerprint density at radius 2 is 1.91 bits per heavy atom. The van der Waals surface area contributed by atoms with Crippen LogP contribution in [0.1, 0.15) is 72.7 Å². The number of H-pyrrole nitrogens is 1. The van der Waals surface area contributed by atoms with Gasteiger partial charge in [0.25, 0.3) is 0 Å². The molecular weight excluding hydrogens is 680 g/mol. The number of carbonyl (C=O) groups is 3. The van der Waals surface area contributed by atoms with Gasteiger partial charge in [0.2, 0.25) is 5.90 Å². The largest absolute Gasteiger partial charge is 0.467 e. The van der Waals surface area contributed by atoms with Crippen LogP contribution in [0.5, 0.6) is 0 Å². The van der Waals surface area contributed by atoms with Crippen molar-refractivity contribution in [2.75, 3.05) is 33.5 Å². The van der Waals surface area contributed by atoms with Crippen LogP contribution in [-0.2, 0) is 49.2 Å². The molecule has 0 aliphatic carbocycles. The van der Waals surface area contributed by atoms with Crippen LogP contribution < -0.4 is 0 Å². The number of aromatic nitrogens is 1. The van der Waals surface area contributed by atoms with E-state index in [9.17, 15) is 19.5 Å².